The van der Waals surface area contributed by atoms with Crippen LogP contribution in [0.1, 0.15) is 25.7 Å². The lowest BCUT2D eigenvalue weighted by Gasteiger charge is -2.49. The Morgan fingerprint density at radius 2 is 2.00 bits per heavy atom. The highest BCUT2D eigenvalue weighted by molar-refractivity contribution is 5.77. The molecule has 2 fully saturated rings. The number of hydrogen-bond acceptors (Lipinski definition) is 1. The predicted octanol–water partition coefficient (Wildman–Crippen LogP) is 1.31. The average Bonchev–Trinajstić information content (AvgIpc) is 1.81. The van der Waals surface area contributed by atoms with Gasteiger partial charge >= 0.3 is 0 Å². The van der Waals surface area contributed by atoms with Crippen LogP contribution in [0.4, 0.5) is 8.78 Å². The number of piperidine rings is 1. The Kier molecular flexibility index (Phi) is 1.44. The molecule has 1 aliphatic heterocycles. The summed E-state index contributed by atoms with van der Waals surface area (Å²) in [6.07, 6.45) is 0.831. The van der Waals surface area contributed by atoms with E-state index in [1.54, 1.807) is 0 Å². The first-order valence-electron chi connectivity index (χ1n) is 4.16. The van der Waals surface area contributed by atoms with E-state index in [9.17, 15) is 13.6 Å². The van der Waals surface area contributed by atoms with Crippen molar-refractivity contribution >= 4 is 5.91 Å². The van der Waals surface area contributed by atoms with Crippen molar-refractivity contribution in [1.82, 2.24) is 5.32 Å². The molecule has 1 aliphatic carbocycles. The lowest BCUT2D eigenvalue weighted by atomic mass is 9.61. The highest BCUT2D eigenvalue weighted by Gasteiger charge is 2.57. The standard InChI is InChI=1S/C8H11F2NO/c9-8(10)4-7(5-8)1-2-11-6(12)3-7/h1-5H2,(H,11,12). The molecule has 4 heteroatoms. The average molecular weight is 175 g/mol. The Morgan fingerprint density at radius 3 is 2.50 bits per heavy atom. The summed E-state index contributed by atoms with van der Waals surface area (Å²) < 4.78 is 25.1. The van der Waals surface area contributed by atoms with Gasteiger partial charge in [-0.25, -0.2) is 8.78 Å². The summed E-state index contributed by atoms with van der Waals surface area (Å²) in [5.41, 5.74) is -0.355. The third kappa shape index (κ3) is 1.19. The van der Waals surface area contributed by atoms with Crippen molar-refractivity contribution in [2.24, 2.45) is 5.41 Å². The maximum atomic E-state index is 12.6. The summed E-state index contributed by atoms with van der Waals surface area (Å²) >= 11 is 0. The van der Waals surface area contributed by atoms with Crippen LogP contribution in [-0.2, 0) is 4.79 Å². The summed E-state index contributed by atoms with van der Waals surface area (Å²) in [5.74, 6) is -2.57. The summed E-state index contributed by atoms with van der Waals surface area (Å²) in [7, 11) is 0. The number of amides is 1. The van der Waals surface area contributed by atoms with E-state index in [1.807, 2.05) is 0 Å². The monoisotopic (exact) mass is 175 g/mol. The van der Waals surface area contributed by atoms with Gasteiger partial charge in [-0.1, -0.05) is 0 Å². The SMILES string of the molecule is O=C1CC2(CCN1)CC(F)(F)C2. The van der Waals surface area contributed by atoms with Crippen LogP contribution in [0.3, 0.4) is 0 Å². The minimum atomic E-state index is -2.50. The highest BCUT2D eigenvalue weighted by atomic mass is 19.3. The van der Waals surface area contributed by atoms with Crippen molar-refractivity contribution in [2.75, 3.05) is 6.54 Å². The van der Waals surface area contributed by atoms with Gasteiger partial charge in [0.05, 0.1) is 0 Å². The molecule has 0 aromatic heterocycles. The molecule has 0 aromatic carbocycles. The molecular formula is C8H11F2NO. The van der Waals surface area contributed by atoms with Crippen molar-refractivity contribution in [2.45, 2.75) is 31.6 Å². The van der Waals surface area contributed by atoms with E-state index in [4.69, 9.17) is 0 Å². The van der Waals surface area contributed by atoms with E-state index in [0.29, 0.717) is 19.4 Å². The van der Waals surface area contributed by atoms with Gasteiger partial charge in [-0.2, -0.15) is 0 Å². The van der Waals surface area contributed by atoms with Crippen LogP contribution in [0.15, 0.2) is 0 Å². The molecule has 1 amide bonds. The first kappa shape index (κ1) is 7.95. The van der Waals surface area contributed by atoms with Gasteiger partial charge in [0.1, 0.15) is 0 Å². The molecule has 0 radical (unpaired) electrons. The first-order valence-corrected chi connectivity index (χ1v) is 4.16. The van der Waals surface area contributed by atoms with Crippen LogP contribution >= 0.6 is 0 Å². The number of carbonyl (C=O) groups is 1. The zero-order valence-electron chi connectivity index (χ0n) is 6.70. The fraction of sp³-hybridized carbons (Fsp3) is 0.875. The first-order chi connectivity index (χ1) is 5.52. The van der Waals surface area contributed by atoms with Crippen molar-refractivity contribution in [3.05, 3.63) is 0 Å². The number of halogens is 2. The smallest absolute Gasteiger partial charge is 0.249 e. The summed E-state index contributed by atoms with van der Waals surface area (Å²) in [6.45, 7) is 0.564. The Balaban J connectivity index is 2.01. The highest BCUT2D eigenvalue weighted by Crippen LogP contribution is 2.56. The van der Waals surface area contributed by atoms with Crippen LogP contribution in [0.2, 0.25) is 0 Å². The van der Waals surface area contributed by atoms with Crippen molar-refractivity contribution < 1.29 is 13.6 Å². The van der Waals surface area contributed by atoms with Gasteiger partial charge < -0.3 is 5.32 Å². The molecule has 2 aliphatic rings. The maximum absolute atomic E-state index is 12.6. The molecule has 1 saturated carbocycles. The molecule has 1 heterocycles. The topological polar surface area (TPSA) is 29.1 Å². The Labute approximate surface area is 69.3 Å². The molecule has 0 unspecified atom stereocenters. The molecule has 1 spiro atoms. The summed E-state index contributed by atoms with van der Waals surface area (Å²) in [5, 5.41) is 2.65. The van der Waals surface area contributed by atoms with Gasteiger partial charge in [-0.05, 0) is 11.8 Å². The van der Waals surface area contributed by atoms with E-state index in [-0.39, 0.29) is 24.2 Å². The normalized spacial score (nSPS) is 31.0. The number of nitrogens with one attached hydrogen (secondary N) is 1. The van der Waals surface area contributed by atoms with E-state index >= 15 is 0 Å². The van der Waals surface area contributed by atoms with Crippen LogP contribution in [0.5, 0.6) is 0 Å². The Hall–Kier alpha value is -0.670. The van der Waals surface area contributed by atoms with Gasteiger partial charge in [0.15, 0.2) is 0 Å². The molecule has 1 saturated heterocycles. The second-order valence-corrected chi connectivity index (χ2v) is 3.99. The van der Waals surface area contributed by atoms with E-state index < -0.39 is 5.92 Å². The zero-order valence-corrected chi connectivity index (χ0v) is 6.70. The molecule has 2 rings (SSSR count). The van der Waals surface area contributed by atoms with Crippen LogP contribution < -0.4 is 5.32 Å². The number of hydrogen-bond donors (Lipinski definition) is 1. The van der Waals surface area contributed by atoms with Crippen LogP contribution in [0.25, 0.3) is 0 Å². The van der Waals surface area contributed by atoms with Crippen molar-refractivity contribution in [3.8, 4) is 0 Å². The molecular weight excluding hydrogens is 164 g/mol. The third-order valence-electron chi connectivity index (χ3n) is 2.78. The van der Waals surface area contributed by atoms with Gasteiger partial charge in [-0.15, -0.1) is 0 Å². The van der Waals surface area contributed by atoms with Crippen molar-refractivity contribution in [1.29, 1.82) is 0 Å². The lowest BCUT2D eigenvalue weighted by molar-refractivity contribution is -0.175. The Bertz CT molecular complexity index is 219. The lowest BCUT2D eigenvalue weighted by Crippen LogP contribution is -2.53. The third-order valence-corrected chi connectivity index (χ3v) is 2.78. The van der Waals surface area contributed by atoms with E-state index in [1.165, 1.54) is 0 Å². The number of alkyl halides is 2. The summed E-state index contributed by atoms with van der Waals surface area (Å²) in [4.78, 5) is 10.9. The fourth-order valence-corrected chi connectivity index (χ4v) is 2.31. The minimum absolute atomic E-state index is 0.0725. The second kappa shape index (κ2) is 2.18. The summed E-state index contributed by atoms with van der Waals surface area (Å²) in [6, 6.07) is 0. The molecule has 0 aromatic rings. The van der Waals surface area contributed by atoms with Gasteiger partial charge in [0.25, 0.3) is 0 Å². The zero-order chi connectivity index (χ0) is 8.82. The fourth-order valence-electron chi connectivity index (χ4n) is 2.31. The maximum Gasteiger partial charge on any atom is 0.249 e. The molecule has 12 heavy (non-hydrogen) atoms. The molecule has 0 bridgehead atoms. The van der Waals surface area contributed by atoms with Gasteiger partial charge in [0.2, 0.25) is 11.8 Å². The largest absolute Gasteiger partial charge is 0.356 e. The van der Waals surface area contributed by atoms with E-state index in [2.05, 4.69) is 5.32 Å². The van der Waals surface area contributed by atoms with Gasteiger partial charge in [-0.3, -0.25) is 4.79 Å². The minimum Gasteiger partial charge on any atom is -0.356 e. The molecule has 68 valence electrons. The number of rotatable bonds is 0. The molecule has 1 N–H and O–H groups in total. The predicted molar refractivity (Wildman–Crippen MR) is 38.9 cm³/mol. The van der Waals surface area contributed by atoms with E-state index in [0.717, 1.165) is 0 Å². The molecule has 0 atom stereocenters. The molecule has 2 nitrogen and oxygen atoms in total. The quantitative estimate of drug-likeness (QED) is 0.591. The second-order valence-electron chi connectivity index (χ2n) is 3.99. The van der Waals surface area contributed by atoms with Crippen molar-refractivity contribution in [3.63, 3.8) is 0 Å². The van der Waals surface area contributed by atoms with Crippen LogP contribution in [-0.4, -0.2) is 18.4 Å². The number of carbonyl (C=O) groups excluding carboxylic acids is 1. The van der Waals surface area contributed by atoms with Crippen LogP contribution in [0, 0.1) is 5.41 Å². The van der Waals surface area contributed by atoms with Gasteiger partial charge in [0, 0.05) is 25.8 Å². The Morgan fingerprint density at radius 1 is 1.33 bits per heavy atom.